The van der Waals surface area contributed by atoms with E-state index in [-0.39, 0.29) is 11.6 Å². The first-order valence-electron chi connectivity index (χ1n) is 7.80. The number of carbonyl (C=O) groups excluding carboxylic acids is 1. The van der Waals surface area contributed by atoms with Gasteiger partial charge < -0.3 is 10.1 Å². The fraction of sp³-hybridized carbons (Fsp3) is 0.105. The lowest BCUT2D eigenvalue weighted by Gasteiger charge is -2.12. The Morgan fingerprint density at radius 2 is 1.88 bits per heavy atom. The van der Waals surface area contributed by atoms with E-state index < -0.39 is 17.2 Å². The molecule has 0 aliphatic rings. The second-order valence-corrected chi connectivity index (χ2v) is 5.61. The Labute approximate surface area is 148 Å². The summed E-state index contributed by atoms with van der Waals surface area (Å²) >= 11 is 0. The van der Waals surface area contributed by atoms with Crippen LogP contribution >= 0.6 is 0 Å². The standard InChI is InChI=1S/C19H16FN3O3/c1-12-6-8-14(9-7-12)21-19(25)18-16(24)11-17(26-2)23(22-18)15-5-3-4-13(20)10-15/h3-11H,1-2H3,(H,21,25). The Bertz CT molecular complexity index is 1010. The number of aromatic nitrogens is 2. The summed E-state index contributed by atoms with van der Waals surface area (Å²) in [6.45, 7) is 1.92. The number of nitrogens with zero attached hydrogens (tertiary/aromatic N) is 2. The zero-order chi connectivity index (χ0) is 18.7. The summed E-state index contributed by atoms with van der Waals surface area (Å²) in [5.41, 5.74) is 0.981. The molecule has 0 radical (unpaired) electrons. The van der Waals surface area contributed by atoms with Crippen molar-refractivity contribution in [2.75, 3.05) is 12.4 Å². The van der Waals surface area contributed by atoms with Crippen molar-refractivity contribution >= 4 is 11.6 Å². The summed E-state index contributed by atoms with van der Waals surface area (Å²) in [4.78, 5) is 24.7. The third kappa shape index (κ3) is 3.61. The summed E-state index contributed by atoms with van der Waals surface area (Å²) in [6, 6.07) is 13.8. The van der Waals surface area contributed by atoms with Gasteiger partial charge in [-0.25, -0.2) is 9.07 Å². The van der Waals surface area contributed by atoms with Gasteiger partial charge in [0, 0.05) is 5.69 Å². The smallest absolute Gasteiger partial charge is 0.280 e. The Hall–Kier alpha value is -3.48. The molecule has 1 amide bonds. The van der Waals surface area contributed by atoms with Crippen molar-refractivity contribution in [3.05, 3.63) is 81.9 Å². The summed E-state index contributed by atoms with van der Waals surface area (Å²) in [6.07, 6.45) is 0. The predicted octanol–water partition coefficient (Wildman–Crippen LogP) is 2.94. The topological polar surface area (TPSA) is 73.2 Å². The number of carbonyl (C=O) groups is 1. The van der Waals surface area contributed by atoms with E-state index in [0.29, 0.717) is 11.4 Å². The fourth-order valence-corrected chi connectivity index (χ4v) is 2.36. The predicted molar refractivity (Wildman–Crippen MR) is 95.5 cm³/mol. The molecule has 0 aliphatic heterocycles. The summed E-state index contributed by atoms with van der Waals surface area (Å²) in [7, 11) is 1.36. The van der Waals surface area contributed by atoms with Crippen LogP contribution in [0.4, 0.5) is 10.1 Å². The number of nitrogens with one attached hydrogen (secondary N) is 1. The number of hydrogen-bond acceptors (Lipinski definition) is 4. The van der Waals surface area contributed by atoms with Crippen LogP contribution in [0.2, 0.25) is 0 Å². The largest absolute Gasteiger partial charge is 0.481 e. The average molecular weight is 353 g/mol. The number of amides is 1. The van der Waals surface area contributed by atoms with Crippen LogP contribution in [0.15, 0.2) is 59.4 Å². The molecule has 0 spiro atoms. The SMILES string of the molecule is COc1cc(=O)c(C(=O)Nc2ccc(C)cc2)nn1-c1cccc(F)c1. The molecule has 0 saturated carbocycles. The van der Waals surface area contributed by atoms with Gasteiger partial charge in [-0.05, 0) is 37.3 Å². The molecule has 0 fully saturated rings. The van der Waals surface area contributed by atoms with Crippen molar-refractivity contribution < 1.29 is 13.9 Å². The van der Waals surface area contributed by atoms with Crippen LogP contribution in [0.5, 0.6) is 5.88 Å². The van der Waals surface area contributed by atoms with Gasteiger partial charge in [-0.3, -0.25) is 9.59 Å². The van der Waals surface area contributed by atoms with Gasteiger partial charge in [0.2, 0.25) is 11.3 Å². The Balaban J connectivity index is 2.02. The van der Waals surface area contributed by atoms with Gasteiger partial charge in [0.1, 0.15) is 5.82 Å². The van der Waals surface area contributed by atoms with Crippen LogP contribution in [0.1, 0.15) is 16.1 Å². The van der Waals surface area contributed by atoms with E-state index in [1.165, 1.54) is 30.0 Å². The van der Waals surface area contributed by atoms with Crippen LogP contribution in [0, 0.1) is 12.7 Å². The molecule has 0 saturated heterocycles. The molecule has 0 bridgehead atoms. The van der Waals surface area contributed by atoms with Crippen molar-refractivity contribution in [1.29, 1.82) is 0 Å². The molecule has 6 nitrogen and oxygen atoms in total. The third-order valence-corrected chi connectivity index (χ3v) is 3.68. The Kier molecular flexibility index (Phi) is 4.79. The highest BCUT2D eigenvalue weighted by Gasteiger charge is 2.17. The first kappa shape index (κ1) is 17.3. The summed E-state index contributed by atoms with van der Waals surface area (Å²) < 4.78 is 19.9. The third-order valence-electron chi connectivity index (χ3n) is 3.68. The second kappa shape index (κ2) is 7.18. The molecule has 7 heteroatoms. The highest BCUT2D eigenvalue weighted by atomic mass is 19.1. The minimum absolute atomic E-state index is 0.0903. The molecular weight excluding hydrogens is 337 g/mol. The molecular formula is C19H16FN3O3. The van der Waals surface area contributed by atoms with E-state index in [4.69, 9.17) is 4.74 Å². The van der Waals surface area contributed by atoms with Gasteiger partial charge in [0.15, 0.2) is 5.69 Å². The maximum atomic E-state index is 13.5. The zero-order valence-corrected chi connectivity index (χ0v) is 14.2. The highest BCUT2D eigenvalue weighted by Crippen LogP contribution is 2.16. The van der Waals surface area contributed by atoms with Crippen molar-refractivity contribution in [2.24, 2.45) is 0 Å². The molecule has 1 heterocycles. The van der Waals surface area contributed by atoms with E-state index in [1.54, 1.807) is 18.2 Å². The molecule has 1 aromatic heterocycles. The number of hydrogen-bond donors (Lipinski definition) is 1. The normalized spacial score (nSPS) is 10.4. The average Bonchev–Trinajstić information content (AvgIpc) is 2.63. The number of halogens is 1. The number of anilines is 1. The minimum Gasteiger partial charge on any atom is -0.481 e. The van der Waals surface area contributed by atoms with E-state index in [0.717, 1.165) is 11.6 Å². The lowest BCUT2D eigenvalue weighted by atomic mass is 10.2. The maximum absolute atomic E-state index is 13.5. The van der Waals surface area contributed by atoms with Crippen molar-refractivity contribution in [1.82, 2.24) is 9.78 Å². The quantitative estimate of drug-likeness (QED) is 0.783. The fourth-order valence-electron chi connectivity index (χ4n) is 2.36. The van der Waals surface area contributed by atoms with E-state index in [1.807, 2.05) is 19.1 Å². The molecule has 0 unspecified atom stereocenters. The lowest BCUT2D eigenvalue weighted by Crippen LogP contribution is -2.26. The Morgan fingerprint density at radius 3 is 2.54 bits per heavy atom. The van der Waals surface area contributed by atoms with Crippen molar-refractivity contribution in [3.8, 4) is 11.6 Å². The van der Waals surface area contributed by atoms with Crippen LogP contribution in [0.3, 0.4) is 0 Å². The van der Waals surface area contributed by atoms with E-state index >= 15 is 0 Å². The van der Waals surface area contributed by atoms with Gasteiger partial charge in [-0.2, -0.15) is 5.10 Å². The summed E-state index contributed by atoms with van der Waals surface area (Å²) in [5.74, 6) is -1.05. The van der Waals surface area contributed by atoms with E-state index in [9.17, 15) is 14.0 Å². The molecule has 26 heavy (non-hydrogen) atoms. The van der Waals surface area contributed by atoms with Gasteiger partial charge in [-0.15, -0.1) is 0 Å². The number of rotatable bonds is 4. The Morgan fingerprint density at radius 1 is 1.15 bits per heavy atom. The monoisotopic (exact) mass is 353 g/mol. The number of methoxy groups -OCH3 is 1. The molecule has 132 valence electrons. The number of aryl methyl sites for hydroxylation is 1. The minimum atomic E-state index is -0.661. The molecule has 0 atom stereocenters. The highest BCUT2D eigenvalue weighted by molar-refractivity contribution is 6.02. The van der Waals surface area contributed by atoms with Gasteiger partial charge >= 0.3 is 0 Å². The van der Waals surface area contributed by atoms with E-state index in [2.05, 4.69) is 10.4 Å². The molecule has 1 N–H and O–H groups in total. The van der Waals surface area contributed by atoms with Crippen LogP contribution in [-0.2, 0) is 0 Å². The van der Waals surface area contributed by atoms with Crippen LogP contribution in [-0.4, -0.2) is 22.8 Å². The molecule has 3 aromatic rings. The zero-order valence-electron chi connectivity index (χ0n) is 14.2. The van der Waals surface area contributed by atoms with Gasteiger partial charge in [0.25, 0.3) is 5.91 Å². The first-order valence-corrected chi connectivity index (χ1v) is 7.80. The van der Waals surface area contributed by atoms with Gasteiger partial charge in [-0.1, -0.05) is 23.8 Å². The summed E-state index contributed by atoms with van der Waals surface area (Å²) in [5, 5.41) is 6.69. The van der Waals surface area contributed by atoms with Crippen LogP contribution in [0.25, 0.3) is 5.69 Å². The molecule has 0 aliphatic carbocycles. The van der Waals surface area contributed by atoms with Crippen LogP contribution < -0.4 is 15.5 Å². The molecule has 2 aromatic carbocycles. The maximum Gasteiger partial charge on any atom is 0.280 e. The lowest BCUT2D eigenvalue weighted by molar-refractivity contribution is 0.101. The first-order chi connectivity index (χ1) is 12.5. The number of ether oxygens (including phenoxy) is 1. The second-order valence-electron chi connectivity index (χ2n) is 5.61. The molecule has 3 rings (SSSR count). The van der Waals surface area contributed by atoms with Gasteiger partial charge in [0.05, 0.1) is 18.9 Å². The number of benzene rings is 2. The van der Waals surface area contributed by atoms with Crippen molar-refractivity contribution in [3.63, 3.8) is 0 Å². The van der Waals surface area contributed by atoms with Crippen molar-refractivity contribution in [2.45, 2.75) is 6.92 Å².